The minimum Gasteiger partial charge on any atom is -0.354 e. The van der Waals surface area contributed by atoms with Crippen LogP contribution in [-0.4, -0.2) is 19.9 Å². The number of fused-ring (bicyclic) bond motifs is 2. The summed E-state index contributed by atoms with van der Waals surface area (Å²) >= 11 is 0. The van der Waals surface area contributed by atoms with Crippen LogP contribution in [0.5, 0.6) is 0 Å². The molecule has 0 spiro atoms. The summed E-state index contributed by atoms with van der Waals surface area (Å²) in [5, 5.41) is 1.22. The van der Waals surface area contributed by atoms with Crippen molar-refractivity contribution >= 4 is 22.1 Å². The third-order valence-electron chi connectivity index (χ3n) is 5.06. The van der Waals surface area contributed by atoms with Gasteiger partial charge in [-0.1, -0.05) is 48.0 Å². The van der Waals surface area contributed by atoms with Gasteiger partial charge >= 0.3 is 0 Å². The fourth-order valence-electron chi connectivity index (χ4n) is 3.69. The molecule has 5 rings (SSSR count). The van der Waals surface area contributed by atoms with E-state index in [0.717, 1.165) is 34.7 Å². The number of imidazole rings is 1. The molecule has 3 heterocycles. The van der Waals surface area contributed by atoms with Crippen molar-refractivity contribution in [3.63, 3.8) is 0 Å². The molecule has 0 fully saturated rings. The summed E-state index contributed by atoms with van der Waals surface area (Å²) < 4.78 is 0. The fraction of sp³-hybridized carbons (Fsp3) is 0.130. The third kappa shape index (κ3) is 2.79. The molecule has 2 N–H and O–H groups in total. The Hall–Kier alpha value is -3.40. The number of hydrogen-bond acceptors (Lipinski definition) is 2. The van der Waals surface area contributed by atoms with E-state index in [1.807, 2.05) is 19.2 Å². The molecule has 2 aromatic carbocycles. The van der Waals surface area contributed by atoms with E-state index in [1.165, 1.54) is 27.6 Å². The Balaban J connectivity index is 1.62. The zero-order valence-electron chi connectivity index (χ0n) is 15.4. The molecule has 4 nitrogen and oxygen atoms in total. The Morgan fingerprint density at radius 3 is 2.59 bits per heavy atom. The minimum absolute atomic E-state index is 0.753. The number of aromatic amines is 2. The van der Waals surface area contributed by atoms with Gasteiger partial charge < -0.3 is 9.97 Å². The van der Waals surface area contributed by atoms with Crippen LogP contribution in [0.3, 0.4) is 0 Å². The molecular formula is C23H20N4. The molecular weight excluding hydrogens is 332 g/mol. The molecule has 4 heteroatoms. The summed E-state index contributed by atoms with van der Waals surface area (Å²) in [5.41, 5.74) is 9.00. The van der Waals surface area contributed by atoms with Crippen molar-refractivity contribution in [2.24, 2.45) is 0 Å². The lowest BCUT2D eigenvalue weighted by Crippen LogP contribution is -1.90. The second-order valence-corrected chi connectivity index (χ2v) is 7.11. The standard InChI is InChI=1S/C23H20N4/c1-14-6-8-16(9-7-14)12-17-4-3-5-18-13-20(27-21(17)18)19-10-11-24-23-22(19)25-15(2)26-23/h3-11,13,27H,12H2,1-2H3,(H,24,25,26). The van der Waals surface area contributed by atoms with Crippen molar-refractivity contribution in [1.82, 2.24) is 19.9 Å². The highest BCUT2D eigenvalue weighted by molar-refractivity contribution is 5.94. The average molecular weight is 352 g/mol. The van der Waals surface area contributed by atoms with Gasteiger partial charge in [-0.05, 0) is 43.5 Å². The topological polar surface area (TPSA) is 57.4 Å². The average Bonchev–Trinajstić information content (AvgIpc) is 3.26. The first kappa shape index (κ1) is 15.8. The summed E-state index contributed by atoms with van der Waals surface area (Å²) in [5.74, 6) is 0.876. The molecule has 132 valence electrons. The van der Waals surface area contributed by atoms with Gasteiger partial charge in [-0.25, -0.2) is 9.97 Å². The lowest BCUT2D eigenvalue weighted by atomic mass is 10.0. The lowest BCUT2D eigenvalue weighted by Gasteiger charge is -2.05. The number of para-hydroxylation sites is 1. The summed E-state index contributed by atoms with van der Waals surface area (Å²) in [6.07, 6.45) is 2.73. The van der Waals surface area contributed by atoms with E-state index in [1.54, 1.807) is 0 Å². The maximum atomic E-state index is 4.45. The normalized spacial score (nSPS) is 11.5. The fourth-order valence-corrected chi connectivity index (χ4v) is 3.69. The van der Waals surface area contributed by atoms with Gasteiger partial charge in [0.1, 0.15) is 5.82 Å². The molecule has 5 aromatic rings. The number of pyridine rings is 1. The number of hydrogen-bond donors (Lipinski definition) is 2. The maximum Gasteiger partial charge on any atom is 0.178 e. The van der Waals surface area contributed by atoms with E-state index in [2.05, 4.69) is 75.4 Å². The molecule has 0 saturated heterocycles. The summed E-state index contributed by atoms with van der Waals surface area (Å²) in [6.45, 7) is 4.07. The quantitative estimate of drug-likeness (QED) is 0.462. The van der Waals surface area contributed by atoms with Crippen LogP contribution in [0.15, 0.2) is 60.8 Å². The van der Waals surface area contributed by atoms with Gasteiger partial charge in [0.15, 0.2) is 5.65 Å². The van der Waals surface area contributed by atoms with Crippen LogP contribution < -0.4 is 0 Å². The predicted molar refractivity (Wildman–Crippen MR) is 110 cm³/mol. The number of nitrogens with one attached hydrogen (secondary N) is 2. The molecule has 0 aliphatic carbocycles. The molecule has 0 radical (unpaired) electrons. The van der Waals surface area contributed by atoms with Crippen LogP contribution in [0.25, 0.3) is 33.3 Å². The van der Waals surface area contributed by atoms with Crippen molar-refractivity contribution in [3.05, 3.63) is 83.3 Å². The molecule has 0 atom stereocenters. The smallest absolute Gasteiger partial charge is 0.178 e. The van der Waals surface area contributed by atoms with Crippen molar-refractivity contribution in [2.45, 2.75) is 20.3 Å². The summed E-state index contributed by atoms with van der Waals surface area (Å²) in [6, 6.07) is 19.5. The van der Waals surface area contributed by atoms with Crippen molar-refractivity contribution in [1.29, 1.82) is 0 Å². The van der Waals surface area contributed by atoms with Crippen molar-refractivity contribution < 1.29 is 0 Å². The molecule has 0 aliphatic rings. The van der Waals surface area contributed by atoms with E-state index in [-0.39, 0.29) is 0 Å². The molecule has 27 heavy (non-hydrogen) atoms. The first-order valence-corrected chi connectivity index (χ1v) is 9.15. The molecule has 0 saturated carbocycles. The van der Waals surface area contributed by atoms with Gasteiger partial charge in [-0.15, -0.1) is 0 Å². The Morgan fingerprint density at radius 1 is 0.889 bits per heavy atom. The van der Waals surface area contributed by atoms with Crippen molar-refractivity contribution in [2.75, 3.05) is 0 Å². The number of rotatable bonds is 3. The van der Waals surface area contributed by atoms with Gasteiger partial charge in [-0.3, -0.25) is 0 Å². The van der Waals surface area contributed by atoms with Crippen LogP contribution in [0.1, 0.15) is 22.5 Å². The number of benzene rings is 2. The molecule has 0 unspecified atom stereocenters. The monoisotopic (exact) mass is 352 g/mol. The third-order valence-corrected chi connectivity index (χ3v) is 5.06. The van der Waals surface area contributed by atoms with Crippen LogP contribution in [0.4, 0.5) is 0 Å². The first-order valence-electron chi connectivity index (χ1n) is 9.15. The Bertz CT molecular complexity index is 1260. The van der Waals surface area contributed by atoms with Gasteiger partial charge in [0.25, 0.3) is 0 Å². The molecule has 0 amide bonds. The highest BCUT2D eigenvalue weighted by Gasteiger charge is 2.12. The summed E-state index contributed by atoms with van der Waals surface area (Å²) in [4.78, 5) is 15.8. The zero-order valence-corrected chi connectivity index (χ0v) is 15.4. The number of nitrogens with zero attached hydrogens (tertiary/aromatic N) is 2. The van der Waals surface area contributed by atoms with Crippen LogP contribution in [-0.2, 0) is 6.42 Å². The van der Waals surface area contributed by atoms with Crippen LogP contribution in [0.2, 0.25) is 0 Å². The summed E-state index contributed by atoms with van der Waals surface area (Å²) in [7, 11) is 0. The highest BCUT2D eigenvalue weighted by Crippen LogP contribution is 2.30. The van der Waals surface area contributed by atoms with E-state index in [0.29, 0.717) is 0 Å². The lowest BCUT2D eigenvalue weighted by molar-refractivity contribution is 1.16. The second kappa shape index (κ2) is 6.09. The molecule has 0 bridgehead atoms. The number of aromatic nitrogens is 4. The predicted octanol–water partition coefficient (Wildman–Crippen LogP) is 5.31. The second-order valence-electron chi connectivity index (χ2n) is 7.11. The number of H-pyrrole nitrogens is 2. The number of aryl methyl sites for hydroxylation is 2. The minimum atomic E-state index is 0.753. The Kier molecular flexibility index (Phi) is 3.57. The van der Waals surface area contributed by atoms with Crippen molar-refractivity contribution in [3.8, 4) is 11.3 Å². The van der Waals surface area contributed by atoms with Gasteiger partial charge in [-0.2, -0.15) is 0 Å². The Morgan fingerprint density at radius 2 is 1.74 bits per heavy atom. The van der Waals surface area contributed by atoms with Gasteiger partial charge in [0.2, 0.25) is 0 Å². The molecule has 0 aliphatic heterocycles. The van der Waals surface area contributed by atoms with E-state index in [9.17, 15) is 0 Å². The SMILES string of the molecule is Cc1ccc(Cc2cccc3cc(-c4ccnc5nc(C)[nH]c45)[nH]c23)cc1. The van der Waals surface area contributed by atoms with E-state index in [4.69, 9.17) is 0 Å². The van der Waals surface area contributed by atoms with E-state index >= 15 is 0 Å². The Labute approximate surface area is 157 Å². The largest absolute Gasteiger partial charge is 0.354 e. The first-order chi connectivity index (χ1) is 13.2. The van der Waals surface area contributed by atoms with E-state index < -0.39 is 0 Å². The highest BCUT2D eigenvalue weighted by atomic mass is 15.0. The van der Waals surface area contributed by atoms with Gasteiger partial charge in [0.05, 0.1) is 5.52 Å². The molecule has 3 aromatic heterocycles. The van der Waals surface area contributed by atoms with Crippen LogP contribution >= 0.6 is 0 Å². The van der Waals surface area contributed by atoms with Gasteiger partial charge in [0, 0.05) is 28.4 Å². The zero-order chi connectivity index (χ0) is 18.4. The van der Waals surface area contributed by atoms with Crippen LogP contribution in [0, 0.1) is 13.8 Å². The maximum absolute atomic E-state index is 4.45.